The van der Waals surface area contributed by atoms with Gasteiger partial charge in [0.1, 0.15) is 0 Å². The van der Waals surface area contributed by atoms with E-state index in [0.717, 1.165) is 17.4 Å². The number of nitrogens with zero attached hydrogens (tertiary/aromatic N) is 3. The number of hydrogen-bond acceptors (Lipinski definition) is 8. The first-order chi connectivity index (χ1) is 15.6. The third-order valence-corrected chi connectivity index (χ3v) is 6.41. The van der Waals surface area contributed by atoms with Crippen LogP contribution in [0.2, 0.25) is 0 Å². The van der Waals surface area contributed by atoms with Crippen molar-refractivity contribution in [1.29, 1.82) is 0 Å². The molecule has 3 aromatic rings. The molecule has 1 amide bonds. The van der Waals surface area contributed by atoms with Gasteiger partial charge in [-0.2, -0.15) is 4.99 Å². The monoisotopic (exact) mass is 490 g/mol. The summed E-state index contributed by atoms with van der Waals surface area (Å²) in [5.74, 6) is -1.11. The molecule has 0 radical (unpaired) electrons. The Morgan fingerprint density at radius 3 is 2.70 bits per heavy atom. The molecule has 0 saturated heterocycles. The molecule has 3 rings (SSSR count). The molecule has 0 fully saturated rings. The summed E-state index contributed by atoms with van der Waals surface area (Å²) in [5, 5.41) is 16.1. The molecule has 0 saturated carbocycles. The number of aryl methyl sites for hydroxylation is 1. The van der Waals surface area contributed by atoms with Crippen LogP contribution < -0.4 is 9.94 Å². The van der Waals surface area contributed by atoms with E-state index in [2.05, 4.69) is 9.73 Å². The van der Waals surface area contributed by atoms with Crippen molar-refractivity contribution in [2.75, 3.05) is 7.11 Å². The number of carbonyl (C=O) groups is 2. The summed E-state index contributed by atoms with van der Waals surface area (Å²) in [7, 11) is -2.68. The Hall–Kier alpha value is -3.68. The predicted octanol–water partition coefficient (Wildman–Crippen LogP) is 1.96. The molecule has 172 valence electrons. The predicted molar refractivity (Wildman–Crippen MR) is 121 cm³/mol. The average molecular weight is 491 g/mol. The number of methoxy groups -OCH3 is 1. The van der Waals surface area contributed by atoms with Crippen LogP contribution in [0.15, 0.2) is 58.4 Å². The molecular weight excluding hydrogens is 472 g/mol. The van der Waals surface area contributed by atoms with E-state index in [4.69, 9.17) is 5.14 Å². The van der Waals surface area contributed by atoms with Crippen LogP contribution in [0.5, 0.6) is 0 Å². The molecule has 11 nitrogen and oxygen atoms in total. The third kappa shape index (κ3) is 5.97. The molecule has 0 bridgehead atoms. The number of nitrogens with two attached hydrogens (primary N) is 1. The minimum Gasteiger partial charge on any atom is -0.469 e. The van der Waals surface area contributed by atoms with Crippen molar-refractivity contribution in [2.24, 2.45) is 10.1 Å². The summed E-state index contributed by atoms with van der Waals surface area (Å²) < 4.78 is 30.1. The van der Waals surface area contributed by atoms with Crippen molar-refractivity contribution in [2.45, 2.75) is 17.9 Å². The van der Waals surface area contributed by atoms with Crippen LogP contribution in [0.25, 0.3) is 16.3 Å². The summed E-state index contributed by atoms with van der Waals surface area (Å²) in [5.41, 5.74) is 0.892. The lowest BCUT2D eigenvalue weighted by Gasteiger charge is -2.05. The number of amides is 1. The zero-order valence-corrected chi connectivity index (χ0v) is 18.8. The Morgan fingerprint density at radius 1 is 1.27 bits per heavy atom. The molecule has 1 heterocycles. The number of thiazole rings is 1. The smallest absolute Gasteiger partial charge is 0.307 e. The fraction of sp³-hybridized carbons (Fsp3) is 0.150. The molecule has 0 aliphatic rings. The Balaban J connectivity index is 2.01. The van der Waals surface area contributed by atoms with Crippen molar-refractivity contribution in [3.63, 3.8) is 0 Å². The van der Waals surface area contributed by atoms with E-state index in [1.807, 2.05) is 0 Å². The number of benzene rings is 2. The maximum atomic E-state index is 12.5. The molecule has 2 N–H and O–H groups in total. The first-order valence-electron chi connectivity index (χ1n) is 9.33. The number of ether oxygens (including phenoxy) is 1. The first kappa shape index (κ1) is 24.0. The van der Waals surface area contributed by atoms with E-state index in [9.17, 15) is 28.1 Å². The van der Waals surface area contributed by atoms with E-state index in [-0.39, 0.29) is 28.3 Å². The zero-order chi connectivity index (χ0) is 24.2. The fourth-order valence-corrected chi connectivity index (χ4v) is 4.59. The van der Waals surface area contributed by atoms with Gasteiger partial charge in [-0.25, -0.2) is 13.6 Å². The lowest BCUT2D eigenvalue weighted by Crippen LogP contribution is -2.19. The SMILES string of the molecule is COC(=O)CCn1c(=NC(=O)/C=C/c2cccc([N+](=O)[O-])c2)sc2cc(S(N)(=O)=O)ccc21. The van der Waals surface area contributed by atoms with Crippen LogP contribution in [0.4, 0.5) is 5.69 Å². The standard InChI is InChI=1S/C20H18N4O7S2/c1-31-19(26)9-10-23-16-7-6-15(33(21,29)30)12-17(16)32-20(23)22-18(25)8-5-13-3-2-4-14(11-13)24(27)28/h2-8,11-12H,9-10H2,1H3,(H2,21,29,30)/b8-5+,22-20?. The summed E-state index contributed by atoms with van der Waals surface area (Å²) in [6, 6.07) is 9.96. The highest BCUT2D eigenvalue weighted by Gasteiger charge is 2.14. The van der Waals surface area contributed by atoms with Gasteiger partial charge in [0.15, 0.2) is 4.80 Å². The molecule has 0 atom stereocenters. The highest BCUT2D eigenvalue weighted by Crippen LogP contribution is 2.22. The summed E-state index contributed by atoms with van der Waals surface area (Å²) in [6.45, 7) is 0.141. The topological polar surface area (TPSA) is 164 Å². The highest BCUT2D eigenvalue weighted by atomic mass is 32.2. The average Bonchev–Trinajstić information content (AvgIpc) is 3.11. The van der Waals surface area contributed by atoms with E-state index in [1.165, 1.54) is 49.6 Å². The second-order valence-corrected chi connectivity index (χ2v) is 9.24. The summed E-state index contributed by atoms with van der Waals surface area (Å²) >= 11 is 1.05. The van der Waals surface area contributed by atoms with Gasteiger partial charge in [-0.1, -0.05) is 23.5 Å². The Labute approximate surface area is 191 Å². The van der Waals surface area contributed by atoms with Gasteiger partial charge in [0.05, 0.1) is 33.6 Å². The summed E-state index contributed by atoms with van der Waals surface area (Å²) in [4.78, 5) is 38.6. The van der Waals surface area contributed by atoms with Crippen LogP contribution in [0, 0.1) is 10.1 Å². The van der Waals surface area contributed by atoms with Gasteiger partial charge < -0.3 is 9.30 Å². The van der Waals surface area contributed by atoms with Crippen LogP contribution in [0.1, 0.15) is 12.0 Å². The number of aromatic nitrogens is 1. The number of fused-ring (bicyclic) bond motifs is 1. The van der Waals surface area contributed by atoms with Gasteiger partial charge in [0, 0.05) is 24.8 Å². The summed E-state index contributed by atoms with van der Waals surface area (Å²) in [6.07, 6.45) is 2.55. The zero-order valence-electron chi connectivity index (χ0n) is 17.2. The minimum atomic E-state index is -3.93. The number of nitro groups is 1. The van der Waals surface area contributed by atoms with Gasteiger partial charge in [0.2, 0.25) is 10.0 Å². The van der Waals surface area contributed by atoms with Crippen LogP contribution in [-0.4, -0.2) is 36.9 Å². The maximum absolute atomic E-state index is 12.5. The van der Waals surface area contributed by atoms with Crippen molar-refractivity contribution >= 4 is 55.2 Å². The Morgan fingerprint density at radius 2 is 2.03 bits per heavy atom. The van der Waals surface area contributed by atoms with Gasteiger partial charge in [-0.15, -0.1) is 0 Å². The number of esters is 1. The molecule has 0 aliphatic carbocycles. The van der Waals surface area contributed by atoms with Crippen LogP contribution in [-0.2, 0) is 30.9 Å². The molecule has 0 unspecified atom stereocenters. The highest BCUT2D eigenvalue weighted by molar-refractivity contribution is 7.89. The lowest BCUT2D eigenvalue weighted by molar-refractivity contribution is -0.384. The van der Waals surface area contributed by atoms with E-state index in [0.29, 0.717) is 15.8 Å². The molecule has 0 spiro atoms. The van der Waals surface area contributed by atoms with E-state index in [1.54, 1.807) is 10.6 Å². The quantitative estimate of drug-likeness (QED) is 0.229. The second-order valence-electron chi connectivity index (χ2n) is 6.67. The lowest BCUT2D eigenvalue weighted by atomic mass is 10.2. The Kier molecular flexibility index (Phi) is 7.16. The van der Waals surface area contributed by atoms with Gasteiger partial charge in [0.25, 0.3) is 11.6 Å². The maximum Gasteiger partial charge on any atom is 0.307 e. The number of primary sulfonamides is 1. The van der Waals surface area contributed by atoms with Crippen LogP contribution >= 0.6 is 11.3 Å². The third-order valence-electron chi connectivity index (χ3n) is 4.46. The number of hydrogen-bond donors (Lipinski definition) is 1. The van der Waals surface area contributed by atoms with Crippen molar-refractivity contribution in [1.82, 2.24) is 4.57 Å². The van der Waals surface area contributed by atoms with E-state index < -0.39 is 26.8 Å². The van der Waals surface area contributed by atoms with Gasteiger partial charge in [-0.05, 0) is 29.8 Å². The molecule has 2 aromatic carbocycles. The molecule has 0 aliphatic heterocycles. The molecular formula is C20H18N4O7S2. The minimum absolute atomic E-state index is 0.00414. The molecule has 33 heavy (non-hydrogen) atoms. The number of rotatable bonds is 7. The number of nitro benzene ring substituents is 1. The normalized spacial score (nSPS) is 12.4. The van der Waals surface area contributed by atoms with Crippen molar-refractivity contribution in [3.05, 3.63) is 69.0 Å². The first-order valence-corrected chi connectivity index (χ1v) is 11.7. The number of non-ortho nitro benzene ring substituents is 1. The molecule has 1 aromatic heterocycles. The van der Waals surface area contributed by atoms with Crippen molar-refractivity contribution in [3.8, 4) is 0 Å². The fourth-order valence-electron chi connectivity index (χ4n) is 2.88. The van der Waals surface area contributed by atoms with Crippen molar-refractivity contribution < 1.29 is 27.7 Å². The van der Waals surface area contributed by atoms with Crippen LogP contribution in [0.3, 0.4) is 0 Å². The second kappa shape index (κ2) is 9.85. The van der Waals surface area contributed by atoms with Gasteiger partial charge >= 0.3 is 5.97 Å². The molecule has 13 heteroatoms. The number of carbonyl (C=O) groups excluding carboxylic acids is 2. The Bertz CT molecular complexity index is 1450. The van der Waals surface area contributed by atoms with Gasteiger partial charge in [-0.3, -0.25) is 19.7 Å². The van der Waals surface area contributed by atoms with E-state index >= 15 is 0 Å². The largest absolute Gasteiger partial charge is 0.469 e. The number of sulfonamides is 1.